The third kappa shape index (κ3) is 6.29. The van der Waals surface area contributed by atoms with Gasteiger partial charge in [0.1, 0.15) is 17.4 Å². The summed E-state index contributed by atoms with van der Waals surface area (Å²) in [6.07, 6.45) is 0.377. The van der Waals surface area contributed by atoms with Crippen molar-refractivity contribution in [3.05, 3.63) is 29.8 Å². The number of hydrogen-bond donors (Lipinski definition) is 1. The number of carbonyl (C=O) groups is 2. The van der Waals surface area contributed by atoms with Crippen LogP contribution in [0.15, 0.2) is 24.3 Å². The first-order chi connectivity index (χ1) is 9.71. The zero-order valence-electron chi connectivity index (χ0n) is 13.2. The van der Waals surface area contributed by atoms with E-state index in [0.717, 1.165) is 11.3 Å². The van der Waals surface area contributed by atoms with Gasteiger partial charge in [-0.3, -0.25) is 4.79 Å². The summed E-state index contributed by atoms with van der Waals surface area (Å²) < 4.78 is 10.4. The van der Waals surface area contributed by atoms with Crippen molar-refractivity contribution in [1.29, 1.82) is 0 Å². The summed E-state index contributed by atoms with van der Waals surface area (Å²) >= 11 is 0. The van der Waals surface area contributed by atoms with Crippen LogP contribution in [0.5, 0.6) is 5.75 Å². The molecule has 1 amide bonds. The highest BCUT2D eigenvalue weighted by Gasteiger charge is 2.20. The van der Waals surface area contributed by atoms with Crippen molar-refractivity contribution in [1.82, 2.24) is 5.32 Å². The van der Waals surface area contributed by atoms with Crippen molar-refractivity contribution in [3.63, 3.8) is 0 Å². The van der Waals surface area contributed by atoms with Crippen molar-refractivity contribution < 1.29 is 19.1 Å². The van der Waals surface area contributed by atoms with Gasteiger partial charge in [0, 0.05) is 13.3 Å². The van der Waals surface area contributed by atoms with E-state index in [-0.39, 0.29) is 11.5 Å². The summed E-state index contributed by atoms with van der Waals surface area (Å²) in [6, 6.07) is 6.77. The van der Waals surface area contributed by atoms with Crippen molar-refractivity contribution in [3.8, 4) is 5.75 Å². The molecule has 1 aromatic carbocycles. The van der Waals surface area contributed by atoms with E-state index in [0.29, 0.717) is 6.42 Å². The molecule has 0 aliphatic rings. The van der Waals surface area contributed by atoms with Gasteiger partial charge >= 0.3 is 5.97 Å². The van der Waals surface area contributed by atoms with Crippen molar-refractivity contribution >= 4 is 11.9 Å². The Kier molecular flexibility index (Phi) is 5.76. The van der Waals surface area contributed by atoms with Gasteiger partial charge in [0.15, 0.2) is 0 Å². The largest absolute Gasteiger partial charge is 0.488 e. The highest BCUT2D eigenvalue weighted by molar-refractivity contribution is 5.83. The van der Waals surface area contributed by atoms with Crippen molar-refractivity contribution in [2.45, 2.75) is 45.8 Å². The van der Waals surface area contributed by atoms with Gasteiger partial charge in [-0.15, -0.1) is 0 Å². The zero-order chi connectivity index (χ0) is 16.0. The third-order valence-corrected chi connectivity index (χ3v) is 2.65. The first kappa shape index (κ1) is 17.0. The van der Waals surface area contributed by atoms with Crippen LogP contribution in [0.3, 0.4) is 0 Å². The Morgan fingerprint density at radius 2 is 1.76 bits per heavy atom. The number of amides is 1. The lowest BCUT2D eigenvalue weighted by atomic mass is 10.1. The van der Waals surface area contributed by atoms with Crippen LogP contribution >= 0.6 is 0 Å². The van der Waals surface area contributed by atoms with E-state index >= 15 is 0 Å². The van der Waals surface area contributed by atoms with Crippen LogP contribution in [0, 0.1) is 0 Å². The number of benzene rings is 1. The molecule has 0 aliphatic carbocycles. The highest BCUT2D eigenvalue weighted by Crippen LogP contribution is 2.19. The summed E-state index contributed by atoms with van der Waals surface area (Å²) in [5, 5.41) is 2.59. The average molecular weight is 293 g/mol. The predicted octanol–water partition coefficient (Wildman–Crippen LogP) is 2.08. The zero-order valence-corrected chi connectivity index (χ0v) is 13.2. The molecule has 0 spiro atoms. The van der Waals surface area contributed by atoms with Crippen LogP contribution in [-0.2, 0) is 20.7 Å². The SMILES string of the molecule is COC(=O)[C@H](Cc1ccc(OC(C)(C)C)cc1)NC(C)=O. The topological polar surface area (TPSA) is 64.6 Å². The Morgan fingerprint density at radius 1 is 1.19 bits per heavy atom. The van der Waals surface area contributed by atoms with Gasteiger partial charge in [-0.2, -0.15) is 0 Å². The molecule has 0 radical (unpaired) electrons. The molecule has 0 aromatic heterocycles. The smallest absolute Gasteiger partial charge is 0.328 e. The molecule has 0 aliphatic heterocycles. The lowest BCUT2D eigenvalue weighted by molar-refractivity contribution is -0.144. The van der Waals surface area contributed by atoms with Crippen LogP contribution in [-0.4, -0.2) is 30.6 Å². The lowest BCUT2D eigenvalue weighted by Crippen LogP contribution is -2.41. The first-order valence-corrected chi connectivity index (χ1v) is 6.84. The molecule has 0 heterocycles. The molecule has 21 heavy (non-hydrogen) atoms. The maximum absolute atomic E-state index is 11.6. The highest BCUT2D eigenvalue weighted by atomic mass is 16.5. The fourth-order valence-corrected chi connectivity index (χ4v) is 1.86. The Labute approximate surface area is 125 Å². The number of carbonyl (C=O) groups excluding carboxylic acids is 2. The Morgan fingerprint density at radius 3 is 2.19 bits per heavy atom. The normalized spacial score (nSPS) is 12.4. The molecule has 5 nitrogen and oxygen atoms in total. The van der Waals surface area contributed by atoms with E-state index in [2.05, 4.69) is 5.32 Å². The van der Waals surface area contributed by atoms with E-state index in [1.54, 1.807) is 0 Å². The van der Waals surface area contributed by atoms with Crippen LogP contribution in [0.2, 0.25) is 0 Å². The quantitative estimate of drug-likeness (QED) is 0.844. The van der Waals surface area contributed by atoms with Gasteiger partial charge in [-0.05, 0) is 38.5 Å². The monoisotopic (exact) mass is 293 g/mol. The number of methoxy groups -OCH3 is 1. The van der Waals surface area contributed by atoms with Gasteiger partial charge < -0.3 is 14.8 Å². The Hall–Kier alpha value is -2.04. The van der Waals surface area contributed by atoms with Gasteiger partial charge in [-0.1, -0.05) is 12.1 Å². The van der Waals surface area contributed by atoms with E-state index in [9.17, 15) is 9.59 Å². The second-order valence-corrected chi connectivity index (χ2v) is 5.84. The standard InChI is InChI=1S/C16H23NO4/c1-11(18)17-14(15(19)20-5)10-12-6-8-13(9-7-12)21-16(2,3)4/h6-9,14H,10H2,1-5H3,(H,17,18)/t14-/m0/s1. The number of hydrogen-bond acceptors (Lipinski definition) is 4. The molecule has 1 rings (SSSR count). The fraction of sp³-hybridized carbons (Fsp3) is 0.500. The van der Waals surface area contributed by atoms with Crippen LogP contribution in [0.1, 0.15) is 33.3 Å². The molecule has 0 saturated heterocycles. The maximum Gasteiger partial charge on any atom is 0.328 e. The maximum atomic E-state index is 11.6. The molecule has 5 heteroatoms. The second-order valence-electron chi connectivity index (χ2n) is 5.84. The van der Waals surface area contributed by atoms with E-state index in [4.69, 9.17) is 9.47 Å². The molecule has 0 fully saturated rings. The molecule has 1 N–H and O–H groups in total. The number of esters is 1. The Balaban J connectivity index is 2.76. The number of rotatable bonds is 5. The third-order valence-electron chi connectivity index (χ3n) is 2.65. The van der Waals surface area contributed by atoms with Crippen molar-refractivity contribution in [2.75, 3.05) is 7.11 Å². The first-order valence-electron chi connectivity index (χ1n) is 6.84. The fourth-order valence-electron chi connectivity index (χ4n) is 1.86. The molecule has 1 atom stereocenters. The molecule has 0 saturated carbocycles. The number of nitrogens with one attached hydrogen (secondary N) is 1. The molecular weight excluding hydrogens is 270 g/mol. The predicted molar refractivity (Wildman–Crippen MR) is 80.1 cm³/mol. The molecule has 0 unspecified atom stereocenters. The molecule has 0 bridgehead atoms. The van der Waals surface area contributed by atoms with E-state index < -0.39 is 12.0 Å². The van der Waals surface area contributed by atoms with Gasteiger partial charge in [0.25, 0.3) is 0 Å². The second kappa shape index (κ2) is 7.11. The number of ether oxygens (including phenoxy) is 2. The van der Waals surface area contributed by atoms with E-state index in [1.807, 2.05) is 45.0 Å². The summed E-state index contributed by atoms with van der Waals surface area (Å²) in [5.41, 5.74) is 0.659. The summed E-state index contributed by atoms with van der Waals surface area (Å²) in [5.74, 6) is 0.0405. The molecule has 1 aromatic rings. The minimum Gasteiger partial charge on any atom is -0.488 e. The summed E-state index contributed by atoms with van der Waals surface area (Å²) in [6.45, 7) is 7.30. The van der Waals surface area contributed by atoms with Crippen molar-refractivity contribution in [2.24, 2.45) is 0 Å². The van der Waals surface area contributed by atoms with Crippen LogP contribution in [0.25, 0.3) is 0 Å². The lowest BCUT2D eigenvalue weighted by Gasteiger charge is -2.21. The van der Waals surface area contributed by atoms with Crippen LogP contribution in [0.4, 0.5) is 0 Å². The minimum absolute atomic E-state index is 0.258. The van der Waals surface area contributed by atoms with Crippen LogP contribution < -0.4 is 10.1 Å². The minimum atomic E-state index is -0.679. The molecule has 116 valence electrons. The molecular formula is C16H23NO4. The summed E-state index contributed by atoms with van der Waals surface area (Å²) in [4.78, 5) is 22.8. The Bertz CT molecular complexity index is 488. The van der Waals surface area contributed by atoms with Gasteiger partial charge in [0.05, 0.1) is 7.11 Å². The summed E-state index contributed by atoms with van der Waals surface area (Å²) in [7, 11) is 1.30. The average Bonchev–Trinajstić information content (AvgIpc) is 2.37. The van der Waals surface area contributed by atoms with E-state index in [1.165, 1.54) is 14.0 Å². The van der Waals surface area contributed by atoms with Gasteiger partial charge in [0.2, 0.25) is 5.91 Å². The van der Waals surface area contributed by atoms with Gasteiger partial charge in [-0.25, -0.2) is 4.79 Å².